The average Bonchev–Trinajstić information content (AvgIpc) is 2.60. The summed E-state index contributed by atoms with van der Waals surface area (Å²) in [7, 11) is 3.84. The van der Waals surface area contributed by atoms with Crippen LogP contribution in [0.3, 0.4) is 0 Å². The molecule has 2 aliphatic rings. The fourth-order valence-corrected chi connectivity index (χ4v) is 4.21. The van der Waals surface area contributed by atoms with Crippen LogP contribution in [-0.4, -0.2) is 49.7 Å². The van der Waals surface area contributed by atoms with E-state index in [4.69, 9.17) is 0 Å². The molecule has 0 saturated carbocycles. The van der Waals surface area contributed by atoms with E-state index in [-0.39, 0.29) is 41.8 Å². The Morgan fingerprint density at radius 2 is 1.96 bits per heavy atom. The summed E-state index contributed by atoms with van der Waals surface area (Å²) in [6, 6.07) is 5.35. The van der Waals surface area contributed by atoms with Crippen molar-refractivity contribution in [3.63, 3.8) is 0 Å². The molecule has 0 radical (unpaired) electrons. The van der Waals surface area contributed by atoms with Crippen molar-refractivity contribution < 1.29 is 17.9 Å². The fraction of sp³-hybridized carbons (Fsp3) is 0.632. The van der Waals surface area contributed by atoms with E-state index in [1.54, 1.807) is 7.05 Å². The smallest absolute Gasteiger partial charge is 0.387 e. The quantitative estimate of drug-likeness (QED) is 0.359. The summed E-state index contributed by atoms with van der Waals surface area (Å²) < 4.78 is 43.6. The van der Waals surface area contributed by atoms with Crippen molar-refractivity contribution in [2.24, 2.45) is 4.99 Å². The van der Waals surface area contributed by atoms with Gasteiger partial charge < -0.3 is 20.3 Å². The third-order valence-electron chi connectivity index (χ3n) is 5.63. The Hall–Kier alpha value is -1.23. The third kappa shape index (κ3) is 5.65. The van der Waals surface area contributed by atoms with Gasteiger partial charge in [-0.3, -0.25) is 4.99 Å². The number of aliphatic imine (C=N–C) groups is 1. The topological polar surface area (TPSA) is 48.9 Å². The molecule has 3 rings (SSSR count). The number of hydrogen-bond donors (Lipinski definition) is 2. The molecule has 2 saturated heterocycles. The SMILES string of the molecule is CN=C(NCc1c(F)cccc1OC(F)F)NC1CC2CCCC(C1)N2C.I. The number of nitrogens with zero attached hydrogens (tertiary/aromatic N) is 2. The van der Waals surface area contributed by atoms with Gasteiger partial charge in [0, 0.05) is 37.3 Å². The van der Waals surface area contributed by atoms with Crippen molar-refractivity contribution in [2.45, 2.75) is 63.4 Å². The van der Waals surface area contributed by atoms with Gasteiger partial charge in [0.25, 0.3) is 0 Å². The van der Waals surface area contributed by atoms with Crippen LogP contribution in [0.2, 0.25) is 0 Å². The monoisotopic (exact) mass is 512 g/mol. The predicted octanol–water partition coefficient (Wildman–Crippen LogP) is 3.73. The second kappa shape index (κ2) is 10.5. The Balaban J connectivity index is 0.00000280. The molecule has 28 heavy (non-hydrogen) atoms. The minimum atomic E-state index is -3.00. The highest BCUT2D eigenvalue weighted by Crippen LogP contribution is 2.32. The minimum absolute atomic E-state index is 0. The standard InChI is InChI=1S/C19H27F3N4O.HI/c1-23-19(25-12-9-13-5-3-6-14(10-12)26(13)2)24-11-15-16(20)7-4-8-17(15)27-18(21)22;/h4,7-8,12-14,18H,3,5-6,9-11H2,1-2H3,(H2,23,24,25);1H. The summed E-state index contributed by atoms with van der Waals surface area (Å²) >= 11 is 0. The third-order valence-corrected chi connectivity index (χ3v) is 5.63. The van der Waals surface area contributed by atoms with Crippen LogP contribution in [0.25, 0.3) is 0 Å². The first-order chi connectivity index (χ1) is 13.0. The van der Waals surface area contributed by atoms with Gasteiger partial charge in [-0.15, -0.1) is 24.0 Å². The van der Waals surface area contributed by atoms with Gasteiger partial charge in [-0.2, -0.15) is 8.78 Å². The van der Waals surface area contributed by atoms with E-state index in [0.717, 1.165) is 12.8 Å². The maximum Gasteiger partial charge on any atom is 0.387 e. The lowest BCUT2D eigenvalue weighted by atomic mass is 9.82. The highest BCUT2D eigenvalue weighted by atomic mass is 127. The molecule has 2 aliphatic heterocycles. The Bertz CT molecular complexity index is 663. The zero-order valence-corrected chi connectivity index (χ0v) is 18.5. The lowest BCUT2D eigenvalue weighted by Crippen LogP contribution is -2.56. The first kappa shape index (κ1) is 23.1. The molecule has 2 N–H and O–H groups in total. The number of piperidine rings is 2. The molecular weight excluding hydrogens is 484 g/mol. The number of halogens is 4. The average molecular weight is 512 g/mol. The van der Waals surface area contributed by atoms with Crippen LogP contribution >= 0.6 is 24.0 Å². The molecule has 1 aromatic rings. The van der Waals surface area contributed by atoms with Gasteiger partial charge in [-0.25, -0.2) is 4.39 Å². The maximum atomic E-state index is 14.1. The van der Waals surface area contributed by atoms with Crippen molar-refractivity contribution in [1.82, 2.24) is 15.5 Å². The number of hydrogen-bond acceptors (Lipinski definition) is 3. The van der Waals surface area contributed by atoms with Gasteiger partial charge in [-0.05, 0) is 44.9 Å². The van der Waals surface area contributed by atoms with Crippen molar-refractivity contribution in [3.8, 4) is 5.75 Å². The van der Waals surface area contributed by atoms with Crippen molar-refractivity contribution in [3.05, 3.63) is 29.6 Å². The van der Waals surface area contributed by atoms with E-state index in [0.29, 0.717) is 24.1 Å². The van der Waals surface area contributed by atoms with Crippen molar-refractivity contribution >= 4 is 29.9 Å². The van der Waals surface area contributed by atoms with Crippen LogP contribution in [0, 0.1) is 5.82 Å². The molecule has 0 amide bonds. The van der Waals surface area contributed by atoms with E-state index in [1.165, 1.54) is 37.5 Å². The lowest BCUT2D eigenvalue weighted by molar-refractivity contribution is -0.0506. The van der Waals surface area contributed by atoms with Gasteiger partial charge in [-0.1, -0.05) is 12.5 Å². The van der Waals surface area contributed by atoms with Crippen LogP contribution in [0.5, 0.6) is 5.75 Å². The van der Waals surface area contributed by atoms with Crippen LogP contribution in [0.15, 0.2) is 23.2 Å². The van der Waals surface area contributed by atoms with Gasteiger partial charge in [0.15, 0.2) is 5.96 Å². The Morgan fingerprint density at radius 3 is 2.57 bits per heavy atom. The highest BCUT2D eigenvalue weighted by molar-refractivity contribution is 14.0. The molecule has 0 spiro atoms. The van der Waals surface area contributed by atoms with Gasteiger partial charge in [0.1, 0.15) is 11.6 Å². The summed E-state index contributed by atoms with van der Waals surface area (Å²) in [5.41, 5.74) is 0.0565. The Labute approximate surface area is 181 Å². The number of benzene rings is 1. The van der Waals surface area contributed by atoms with Crippen molar-refractivity contribution in [1.29, 1.82) is 0 Å². The second-order valence-corrected chi connectivity index (χ2v) is 7.24. The first-order valence-electron chi connectivity index (χ1n) is 9.39. The zero-order chi connectivity index (χ0) is 19.4. The molecule has 1 aromatic carbocycles. The maximum absolute atomic E-state index is 14.1. The molecular formula is C19H28F3IN4O. The molecule has 0 aromatic heterocycles. The molecule has 0 aliphatic carbocycles. The molecule has 9 heteroatoms. The normalized spacial score (nSPS) is 25.2. The minimum Gasteiger partial charge on any atom is -0.434 e. The van der Waals surface area contributed by atoms with E-state index in [9.17, 15) is 13.2 Å². The predicted molar refractivity (Wildman–Crippen MR) is 114 cm³/mol. The van der Waals surface area contributed by atoms with E-state index < -0.39 is 12.4 Å². The molecule has 2 unspecified atom stereocenters. The lowest BCUT2D eigenvalue weighted by Gasteiger charge is -2.47. The fourth-order valence-electron chi connectivity index (χ4n) is 4.21. The summed E-state index contributed by atoms with van der Waals surface area (Å²) in [5.74, 6) is -0.222. The van der Waals surface area contributed by atoms with Crippen LogP contribution in [-0.2, 0) is 6.54 Å². The van der Waals surface area contributed by atoms with Crippen LogP contribution in [0.1, 0.15) is 37.7 Å². The second-order valence-electron chi connectivity index (χ2n) is 7.24. The number of rotatable bonds is 5. The van der Waals surface area contributed by atoms with Gasteiger partial charge in [0.2, 0.25) is 0 Å². The zero-order valence-electron chi connectivity index (χ0n) is 16.1. The largest absolute Gasteiger partial charge is 0.434 e. The molecule has 2 fully saturated rings. The summed E-state index contributed by atoms with van der Waals surface area (Å²) in [5, 5.41) is 6.43. The first-order valence-corrected chi connectivity index (χ1v) is 9.39. The van der Waals surface area contributed by atoms with E-state index in [1.807, 2.05) is 0 Å². The van der Waals surface area contributed by atoms with E-state index in [2.05, 4.69) is 32.3 Å². The summed E-state index contributed by atoms with van der Waals surface area (Å²) in [6.45, 7) is -2.99. The summed E-state index contributed by atoms with van der Waals surface area (Å²) in [6.07, 6.45) is 5.77. The molecule has 2 atom stereocenters. The molecule has 158 valence electrons. The number of ether oxygens (including phenoxy) is 1. The van der Waals surface area contributed by atoms with Crippen LogP contribution in [0.4, 0.5) is 13.2 Å². The Morgan fingerprint density at radius 1 is 1.29 bits per heavy atom. The highest BCUT2D eigenvalue weighted by Gasteiger charge is 2.36. The number of alkyl halides is 2. The number of guanidine groups is 1. The molecule has 2 bridgehead atoms. The van der Waals surface area contributed by atoms with Gasteiger partial charge in [0.05, 0.1) is 0 Å². The number of fused-ring (bicyclic) bond motifs is 2. The molecule has 2 heterocycles. The number of nitrogens with one attached hydrogen (secondary N) is 2. The van der Waals surface area contributed by atoms with Crippen molar-refractivity contribution in [2.75, 3.05) is 14.1 Å². The van der Waals surface area contributed by atoms with Gasteiger partial charge >= 0.3 is 6.61 Å². The Kier molecular flexibility index (Phi) is 8.66. The van der Waals surface area contributed by atoms with E-state index >= 15 is 0 Å². The molecule has 5 nitrogen and oxygen atoms in total. The van der Waals surface area contributed by atoms with Crippen LogP contribution < -0.4 is 15.4 Å². The summed E-state index contributed by atoms with van der Waals surface area (Å²) in [4.78, 5) is 6.68.